The fourth-order valence-electron chi connectivity index (χ4n) is 3.09. The van der Waals surface area contributed by atoms with Gasteiger partial charge in [0.1, 0.15) is 12.8 Å². The fraction of sp³-hybridized carbons (Fsp3) is 0.789. The van der Waals surface area contributed by atoms with E-state index in [1.165, 1.54) is 6.92 Å². The van der Waals surface area contributed by atoms with Crippen LogP contribution in [0.3, 0.4) is 0 Å². The standard InChI is InChI=1S/C17H30N4O7.CH5BP.CH4/c1-14(22)10-18-2-4-19(11-15(23)24)6-8-21(13-17(27)28)9-7-20(5-3-18)12-16(25)26;1-2-3;/h2-13H2,1H3,(H,23,24)(H,25,26)(H,27,28);3H2,1H3;1H4/p-1. The molecular formula is C19H38BN4O7P-. The number of hydrogen-bond acceptors (Lipinski definition) is 9. The average molecular weight is 476 g/mol. The predicted molar refractivity (Wildman–Crippen MR) is 125 cm³/mol. The molecule has 0 aromatic carbocycles. The molecule has 1 atom stereocenters. The number of Topliss-reactive ketones (excluding diaryl/α,β-unsaturated/α-hetero) is 1. The third-order valence-electron chi connectivity index (χ3n) is 4.45. The van der Waals surface area contributed by atoms with Crippen molar-refractivity contribution in [1.82, 2.24) is 19.6 Å². The molecule has 1 unspecified atom stereocenters. The first kappa shape index (κ1) is 32.6. The highest BCUT2D eigenvalue weighted by Gasteiger charge is 2.19. The summed E-state index contributed by atoms with van der Waals surface area (Å²) in [5, 5.41) is 29.2. The van der Waals surface area contributed by atoms with Crippen LogP contribution in [0.2, 0.25) is 6.82 Å². The van der Waals surface area contributed by atoms with E-state index in [-0.39, 0.29) is 39.4 Å². The van der Waals surface area contributed by atoms with Crippen LogP contribution in [-0.2, 0) is 19.2 Å². The quantitative estimate of drug-likeness (QED) is 0.293. The van der Waals surface area contributed by atoms with Crippen molar-refractivity contribution in [3.63, 3.8) is 0 Å². The van der Waals surface area contributed by atoms with Gasteiger partial charge in [-0.2, -0.15) is 9.12 Å². The van der Waals surface area contributed by atoms with Crippen LogP contribution in [0.4, 0.5) is 0 Å². The molecule has 1 radical (unpaired) electrons. The summed E-state index contributed by atoms with van der Waals surface area (Å²) in [6.45, 7) is 7.90. The summed E-state index contributed by atoms with van der Waals surface area (Å²) in [5.74, 6) is -3.23. The average Bonchev–Trinajstić information content (AvgIpc) is 2.63. The summed E-state index contributed by atoms with van der Waals surface area (Å²) in [4.78, 5) is 51.7. The number of rotatable bonds is 8. The van der Waals surface area contributed by atoms with E-state index in [4.69, 9.17) is 10.2 Å². The van der Waals surface area contributed by atoms with Gasteiger partial charge in [-0.15, -0.1) is 0 Å². The van der Waals surface area contributed by atoms with E-state index in [0.29, 0.717) is 52.4 Å². The molecule has 0 saturated carbocycles. The van der Waals surface area contributed by atoms with Gasteiger partial charge in [-0.25, -0.2) is 0 Å². The van der Waals surface area contributed by atoms with Crippen LogP contribution >= 0.6 is 9.12 Å². The lowest BCUT2D eigenvalue weighted by Gasteiger charge is -2.33. The Labute approximate surface area is 194 Å². The van der Waals surface area contributed by atoms with E-state index >= 15 is 0 Å². The zero-order chi connectivity index (χ0) is 23.8. The molecule has 11 nitrogen and oxygen atoms in total. The molecule has 1 heterocycles. The van der Waals surface area contributed by atoms with Crippen molar-refractivity contribution in [3.05, 3.63) is 0 Å². The maximum absolute atomic E-state index is 11.5. The first-order valence-electron chi connectivity index (χ1n) is 10.1. The number of carboxylic acid groups (broad SMARTS) is 3. The summed E-state index contributed by atoms with van der Waals surface area (Å²) in [5.41, 5.74) is 0. The molecule has 185 valence electrons. The smallest absolute Gasteiger partial charge is 0.317 e. The highest BCUT2D eigenvalue weighted by Crippen LogP contribution is 2.01. The Morgan fingerprint density at radius 3 is 1.22 bits per heavy atom. The Morgan fingerprint density at radius 2 is 1.00 bits per heavy atom. The first-order chi connectivity index (χ1) is 14.6. The molecular weight excluding hydrogens is 438 g/mol. The number of ketones is 1. The summed E-state index contributed by atoms with van der Waals surface area (Å²) in [7, 11) is 2.45. The molecule has 0 aliphatic carbocycles. The molecule has 0 aromatic heterocycles. The molecule has 13 heteroatoms. The number of carbonyl (C=O) groups excluding carboxylic acids is 2. The number of aliphatic carboxylic acids is 3. The van der Waals surface area contributed by atoms with E-state index in [9.17, 15) is 24.3 Å². The Kier molecular flexibility index (Phi) is 19.3. The monoisotopic (exact) mass is 476 g/mol. The molecule has 1 fully saturated rings. The largest absolute Gasteiger partial charge is 0.549 e. The second-order valence-corrected chi connectivity index (χ2v) is 7.97. The normalized spacial score (nSPS) is 17.5. The predicted octanol–water partition coefficient (Wildman–Crippen LogP) is -2.12. The number of carbonyl (C=O) groups is 4. The van der Waals surface area contributed by atoms with Crippen LogP contribution in [-0.4, -0.2) is 139 Å². The van der Waals surface area contributed by atoms with Gasteiger partial charge < -0.3 is 20.1 Å². The first-order valence-corrected chi connectivity index (χ1v) is 10.8. The maximum Gasteiger partial charge on any atom is 0.317 e. The molecule has 32 heavy (non-hydrogen) atoms. The second-order valence-electron chi connectivity index (χ2n) is 7.30. The minimum Gasteiger partial charge on any atom is -0.549 e. The third kappa shape index (κ3) is 18.0. The van der Waals surface area contributed by atoms with Crippen LogP contribution in [0, 0.1) is 0 Å². The SMILES string of the molecule is C.CC(=O)CN1CCN(CC(=O)[O-])CCN(CC(=O)O)CCN(CC(=O)O)CC1.C[B]P. The minimum atomic E-state index is -1.22. The molecule has 1 aliphatic rings. The van der Waals surface area contributed by atoms with Crippen molar-refractivity contribution in [3.8, 4) is 0 Å². The molecule has 1 saturated heterocycles. The van der Waals surface area contributed by atoms with Gasteiger partial charge in [0.25, 0.3) is 0 Å². The minimum absolute atomic E-state index is 0. The van der Waals surface area contributed by atoms with E-state index in [1.54, 1.807) is 14.7 Å². The summed E-state index contributed by atoms with van der Waals surface area (Å²) < 4.78 is 0. The van der Waals surface area contributed by atoms with Gasteiger partial charge >= 0.3 is 11.9 Å². The van der Waals surface area contributed by atoms with Gasteiger partial charge in [0.05, 0.1) is 25.6 Å². The Bertz CT molecular complexity index is 474. The van der Waals surface area contributed by atoms with Crippen molar-refractivity contribution in [2.45, 2.75) is 21.2 Å². The fourth-order valence-corrected chi connectivity index (χ4v) is 3.09. The second kappa shape index (κ2) is 18.9. The van der Waals surface area contributed by atoms with Crippen molar-refractivity contribution in [2.75, 3.05) is 78.5 Å². The van der Waals surface area contributed by atoms with Crippen molar-refractivity contribution < 1.29 is 34.5 Å². The maximum atomic E-state index is 11.5. The summed E-state index contributed by atoms with van der Waals surface area (Å²) >= 11 is 0. The third-order valence-corrected chi connectivity index (χ3v) is 4.45. The lowest BCUT2D eigenvalue weighted by Crippen LogP contribution is -2.50. The molecule has 0 aromatic rings. The highest BCUT2D eigenvalue weighted by atomic mass is 31.0. The molecule has 0 amide bonds. The molecule has 1 aliphatic heterocycles. The molecule has 1 rings (SSSR count). The van der Waals surface area contributed by atoms with Gasteiger partial charge in [0.15, 0.2) is 0 Å². The van der Waals surface area contributed by atoms with Gasteiger partial charge in [-0.05, 0) is 6.92 Å². The van der Waals surface area contributed by atoms with Crippen LogP contribution < -0.4 is 5.11 Å². The van der Waals surface area contributed by atoms with Crippen molar-refractivity contribution in [2.24, 2.45) is 0 Å². The topological polar surface area (TPSA) is 145 Å². The van der Waals surface area contributed by atoms with Crippen molar-refractivity contribution >= 4 is 39.8 Å². The van der Waals surface area contributed by atoms with Crippen molar-refractivity contribution in [1.29, 1.82) is 0 Å². The lowest BCUT2D eigenvalue weighted by atomic mass is 10.2. The van der Waals surface area contributed by atoms with E-state index in [1.807, 2.05) is 18.7 Å². The molecule has 0 spiro atoms. The van der Waals surface area contributed by atoms with Gasteiger partial charge in [0, 0.05) is 58.9 Å². The Hall–Kier alpha value is -1.59. The molecule has 0 bridgehead atoms. The van der Waals surface area contributed by atoms with Crippen LogP contribution in [0.15, 0.2) is 0 Å². The zero-order valence-corrected chi connectivity index (χ0v) is 19.5. The van der Waals surface area contributed by atoms with Crippen LogP contribution in [0.5, 0.6) is 0 Å². The summed E-state index contributed by atoms with van der Waals surface area (Å²) in [6, 6.07) is 0. The molecule has 2 N–H and O–H groups in total. The van der Waals surface area contributed by atoms with Gasteiger partial charge in [-0.1, -0.05) is 14.2 Å². The van der Waals surface area contributed by atoms with Gasteiger partial charge in [0.2, 0.25) is 0 Å². The lowest BCUT2D eigenvalue weighted by molar-refractivity contribution is -0.306. The van der Waals surface area contributed by atoms with E-state index in [0.717, 1.165) is 0 Å². The number of hydrogen-bond donors (Lipinski definition) is 2. The Morgan fingerprint density at radius 1 is 0.750 bits per heavy atom. The van der Waals surface area contributed by atoms with E-state index in [2.05, 4.69) is 9.12 Å². The summed E-state index contributed by atoms with van der Waals surface area (Å²) in [6.07, 6.45) is 0. The van der Waals surface area contributed by atoms with Crippen LogP contribution in [0.1, 0.15) is 14.4 Å². The Balaban J connectivity index is 0. The number of carboxylic acids is 3. The van der Waals surface area contributed by atoms with E-state index < -0.39 is 17.9 Å². The zero-order valence-electron chi connectivity index (χ0n) is 18.4. The highest BCUT2D eigenvalue weighted by molar-refractivity contribution is 7.55. The number of nitrogens with zero attached hydrogens (tertiary/aromatic N) is 4. The van der Waals surface area contributed by atoms with Crippen LogP contribution in [0.25, 0.3) is 0 Å². The van der Waals surface area contributed by atoms with Gasteiger partial charge in [-0.3, -0.25) is 34.0 Å².